The Kier molecular flexibility index (Phi) is 4.40. The molecule has 0 saturated heterocycles. The fourth-order valence-corrected chi connectivity index (χ4v) is 2.78. The van der Waals surface area contributed by atoms with Crippen molar-refractivity contribution >= 4 is 11.6 Å². The number of ketones is 2. The molecule has 0 amide bonds. The van der Waals surface area contributed by atoms with Crippen molar-refractivity contribution in [3.63, 3.8) is 0 Å². The van der Waals surface area contributed by atoms with Crippen molar-refractivity contribution in [1.29, 1.82) is 0 Å². The summed E-state index contributed by atoms with van der Waals surface area (Å²) in [5.41, 5.74) is 3.67. The molecule has 0 fully saturated rings. The molecule has 0 unspecified atom stereocenters. The Hall–Kier alpha value is -2.49. The van der Waals surface area contributed by atoms with Crippen molar-refractivity contribution in [2.75, 3.05) is 7.11 Å². The number of pyridine rings is 1. The van der Waals surface area contributed by atoms with Gasteiger partial charge in [-0.15, -0.1) is 0 Å². The van der Waals surface area contributed by atoms with Crippen molar-refractivity contribution in [2.24, 2.45) is 0 Å². The van der Waals surface area contributed by atoms with Crippen LogP contribution in [0, 0.1) is 13.8 Å². The summed E-state index contributed by atoms with van der Waals surface area (Å²) in [5.74, 6) is 0.462. The number of methoxy groups -OCH3 is 1. The molecule has 0 N–H and O–H groups in total. The second kappa shape index (κ2) is 6.10. The van der Waals surface area contributed by atoms with Crippen LogP contribution < -0.4 is 4.74 Å². The van der Waals surface area contributed by atoms with Crippen LogP contribution in [0.5, 0.6) is 5.75 Å². The molecule has 2 rings (SSSR count). The normalized spacial score (nSPS) is 10.4. The number of Topliss-reactive ketones (excluding diaryl/α,β-unsaturated/α-hetero) is 2. The molecule has 0 aliphatic heterocycles. The van der Waals surface area contributed by atoms with Crippen LogP contribution in [-0.2, 0) is 0 Å². The maximum absolute atomic E-state index is 12.1. The summed E-state index contributed by atoms with van der Waals surface area (Å²) < 4.78 is 5.25. The van der Waals surface area contributed by atoms with E-state index in [1.54, 1.807) is 21.0 Å². The van der Waals surface area contributed by atoms with Gasteiger partial charge in [0.2, 0.25) is 0 Å². The van der Waals surface area contributed by atoms with Crippen molar-refractivity contribution in [1.82, 2.24) is 4.98 Å². The average molecular weight is 297 g/mol. The minimum Gasteiger partial charge on any atom is -0.497 e. The Morgan fingerprint density at radius 3 is 2.00 bits per heavy atom. The summed E-state index contributed by atoms with van der Waals surface area (Å²) in [6, 6.07) is 7.36. The van der Waals surface area contributed by atoms with Gasteiger partial charge in [0.1, 0.15) is 5.75 Å². The Morgan fingerprint density at radius 1 is 1.00 bits per heavy atom. The van der Waals surface area contributed by atoms with Crippen LogP contribution in [0.3, 0.4) is 0 Å². The van der Waals surface area contributed by atoms with Crippen LogP contribution in [0.1, 0.15) is 46.0 Å². The number of hydrogen-bond donors (Lipinski definition) is 0. The van der Waals surface area contributed by atoms with E-state index >= 15 is 0 Å². The third-order valence-electron chi connectivity index (χ3n) is 3.62. The van der Waals surface area contributed by atoms with Crippen LogP contribution in [0.25, 0.3) is 11.1 Å². The maximum atomic E-state index is 12.1. The highest BCUT2D eigenvalue weighted by Gasteiger charge is 2.22. The lowest BCUT2D eigenvalue weighted by molar-refractivity contribution is 0.101. The smallest absolute Gasteiger partial charge is 0.162 e. The molecule has 0 radical (unpaired) electrons. The first-order valence-corrected chi connectivity index (χ1v) is 7.04. The molecule has 0 atom stereocenters. The van der Waals surface area contributed by atoms with E-state index in [4.69, 9.17) is 4.74 Å². The van der Waals surface area contributed by atoms with E-state index in [-0.39, 0.29) is 11.6 Å². The first-order valence-electron chi connectivity index (χ1n) is 7.04. The van der Waals surface area contributed by atoms with E-state index in [9.17, 15) is 9.59 Å². The lowest BCUT2D eigenvalue weighted by Gasteiger charge is -2.17. The lowest BCUT2D eigenvalue weighted by atomic mass is 9.89. The third kappa shape index (κ3) is 2.77. The topological polar surface area (TPSA) is 56.3 Å². The molecule has 4 heteroatoms. The zero-order chi connectivity index (χ0) is 16.4. The monoisotopic (exact) mass is 297 g/mol. The van der Waals surface area contributed by atoms with Gasteiger partial charge in [0.25, 0.3) is 0 Å². The molecule has 0 aliphatic carbocycles. The Balaban J connectivity index is 2.92. The van der Waals surface area contributed by atoms with Crippen molar-refractivity contribution in [3.05, 3.63) is 46.8 Å². The van der Waals surface area contributed by atoms with Gasteiger partial charge in [-0.3, -0.25) is 14.6 Å². The number of carbonyl (C=O) groups excluding carboxylic acids is 2. The molecule has 114 valence electrons. The number of ether oxygens (including phenoxy) is 1. The Labute approximate surface area is 130 Å². The van der Waals surface area contributed by atoms with Gasteiger partial charge in [-0.25, -0.2) is 0 Å². The summed E-state index contributed by atoms with van der Waals surface area (Å²) in [5, 5.41) is 0. The fourth-order valence-electron chi connectivity index (χ4n) is 2.78. The van der Waals surface area contributed by atoms with E-state index in [1.807, 2.05) is 24.3 Å². The van der Waals surface area contributed by atoms with Crippen LogP contribution in [0.4, 0.5) is 0 Å². The maximum Gasteiger partial charge on any atom is 0.162 e. The van der Waals surface area contributed by atoms with Crippen LogP contribution in [0.15, 0.2) is 24.3 Å². The van der Waals surface area contributed by atoms with Crippen LogP contribution >= 0.6 is 0 Å². The Morgan fingerprint density at radius 2 is 1.55 bits per heavy atom. The molecule has 0 saturated carbocycles. The number of aryl methyl sites for hydroxylation is 2. The number of rotatable bonds is 4. The van der Waals surface area contributed by atoms with Gasteiger partial charge in [0, 0.05) is 28.1 Å². The van der Waals surface area contributed by atoms with Gasteiger partial charge in [-0.2, -0.15) is 0 Å². The molecule has 0 aliphatic rings. The fraction of sp³-hybridized carbons (Fsp3) is 0.278. The largest absolute Gasteiger partial charge is 0.497 e. The summed E-state index contributed by atoms with van der Waals surface area (Å²) in [4.78, 5) is 28.6. The number of aromatic nitrogens is 1. The molecule has 2 aromatic rings. The highest BCUT2D eigenvalue weighted by atomic mass is 16.5. The zero-order valence-corrected chi connectivity index (χ0v) is 13.5. The minimum absolute atomic E-state index is 0.106. The third-order valence-corrected chi connectivity index (χ3v) is 3.62. The van der Waals surface area contributed by atoms with Crippen molar-refractivity contribution < 1.29 is 14.3 Å². The lowest BCUT2D eigenvalue weighted by Crippen LogP contribution is -2.11. The zero-order valence-electron chi connectivity index (χ0n) is 13.5. The van der Waals surface area contributed by atoms with Crippen LogP contribution in [-0.4, -0.2) is 23.7 Å². The highest BCUT2D eigenvalue weighted by molar-refractivity contribution is 6.10. The van der Waals surface area contributed by atoms with E-state index in [1.165, 1.54) is 13.8 Å². The summed E-state index contributed by atoms with van der Waals surface area (Å²) in [7, 11) is 1.58. The average Bonchev–Trinajstić information content (AvgIpc) is 2.45. The number of hydrogen-bond acceptors (Lipinski definition) is 4. The number of carbonyl (C=O) groups is 2. The molecule has 0 spiro atoms. The van der Waals surface area contributed by atoms with E-state index in [0.717, 1.165) is 5.56 Å². The molecule has 4 nitrogen and oxygen atoms in total. The van der Waals surface area contributed by atoms with Gasteiger partial charge in [-0.1, -0.05) is 12.1 Å². The predicted molar refractivity (Wildman–Crippen MR) is 85.7 cm³/mol. The van der Waals surface area contributed by atoms with Crippen molar-refractivity contribution in [2.45, 2.75) is 27.7 Å². The molecular formula is C18H19NO3. The van der Waals surface area contributed by atoms with E-state index in [0.29, 0.717) is 33.8 Å². The van der Waals surface area contributed by atoms with Gasteiger partial charge >= 0.3 is 0 Å². The molecule has 1 aromatic carbocycles. The van der Waals surface area contributed by atoms with E-state index < -0.39 is 0 Å². The molecule has 0 bridgehead atoms. The quantitative estimate of drug-likeness (QED) is 0.806. The summed E-state index contributed by atoms with van der Waals surface area (Å²) in [6.45, 7) is 6.56. The van der Waals surface area contributed by atoms with Crippen molar-refractivity contribution in [3.8, 4) is 16.9 Å². The highest BCUT2D eigenvalue weighted by Crippen LogP contribution is 2.33. The number of nitrogens with zero attached hydrogens (tertiary/aromatic N) is 1. The SMILES string of the molecule is COc1cccc(-c2c(C(C)=O)c(C)nc(C)c2C(C)=O)c1. The molecular weight excluding hydrogens is 278 g/mol. The summed E-state index contributed by atoms with van der Waals surface area (Å²) in [6.07, 6.45) is 0. The standard InChI is InChI=1S/C18H19NO3/c1-10-16(12(3)20)18(17(13(4)21)11(2)19-10)14-7-6-8-15(9-14)22-5/h6-9H,1-5H3. The van der Waals surface area contributed by atoms with Gasteiger partial charge in [0.15, 0.2) is 11.6 Å². The Bertz CT molecular complexity index is 725. The molecule has 22 heavy (non-hydrogen) atoms. The van der Waals surface area contributed by atoms with Crippen LogP contribution in [0.2, 0.25) is 0 Å². The van der Waals surface area contributed by atoms with Gasteiger partial charge in [-0.05, 0) is 45.4 Å². The minimum atomic E-state index is -0.106. The number of benzene rings is 1. The second-order valence-electron chi connectivity index (χ2n) is 5.25. The molecule has 1 aromatic heterocycles. The molecule has 1 heterocycles. The van der Waals surface area contributed by atoms with E-state index in [2.05, 4.69) is 4.98 Å². The van der Waals surface area contributed by atoms with Gasteiger partial charge in [0.05, 0.1) is 7.11 Å². The second-order valence-corrected chi connectivity index (χ2v) is 5.25. The first-order chi connectivity index (χ1) is 10.4. The summed E-state index contributed by atoms with van der Waals surface area (Å²) >= 11 is 0. The first kappa shape index (κ1) is 15.9. The van der Waals surface area contributed by atoms with Gasteiger partial charge < -0.3 is 4.74 Å². The predicted octanol–water partition coefficient (Wildman–Crippen LogP) is 3.78.